The molecule has 0 unspecified atom stereocenters. The molecule has 4 rings (SSSR count). The van der Waals surface area contributed by atoms with E-state index in [0.717, 1.165) is 17.7 Å². The molecule has 0 amide bonds. The van der Waals surface area contributed by atoms with Crippen LogP contribution in [0.2, 0.25) is 0 Å². The van der Waals surface area contributed by atoms with Crippen LogP contribution in [0.15, 0.2) is 60.7 Å². The molecule has 2 heterocycles. The quantitative estimate of drug-likeness (QED) is 0.753. The highest BCUT2D eigenvalue weighted by molar-refractivity contribution is 6.68. The first kappa shape index (κ1) is 13.8. The number of nitrogens with zero attached hydrogens (tertiary/aromatic N) is 3. The van der Waals surface area contributed by atoms with Gasteiger partial charge in [-0.25, -0.2) is 0 Å². The van der Waals surface area contributed by atoms with E-state index in [2.05, 4.69) is 77.0 Å². The van der Waals surface area contributed by atoms with E-state index < -0.39 is 0 Å². The summed E-state index contributed by atoms with van der Waals surface area (Å²) in [7, 11) is 0. The highest BCUT2D eigenvalue weighted by atomic mass is 15.4. The van der Waals surface area contributed by atoms with Gasteiger partial charge >= 0.3 is 6.85 Å². The molecule has 1 N–H and O–H groups in total. The molecule has 0 saturated heterocycles. The van der Waals surface area contributed by atoms with Crippen LogP contribution in [0.1, 0.15) is 11.1 Å². The van der Waals surface area contributed by atoms with Crippen LogP contribution in [0.5, 0.6) is 0 Å². The first-order chi connectivity index (χ1) is 11.3. The topological polar surface area (TPSA) is 42.7 Å². The van der Waals surface area contributed by atoms with Crippen molar-refractivity contribution in [3.8, 4) is 11.3 Å². The zero-order valence-corrected chi connectivity index (χ0v) is 13.0. The second-order valence-electron chi connectivity index (χ2n) is 5.89. The average molecular weight is 300 g/mol. The standard InChI is InChI=1S/C18H17BN4/c1-14-6-8-16(9-7-14)18-12-23(22-21-18)13-19-11-10-15-4-2-3-5-17(15)20-19/h2-12,20H,13H2,1H3. The first-order valence-corrected chi connectivity index (χ1v) is 7.79. The van der Waals surface area contributed by atoms with Gasteiger partial charge in [-0.3, -0.25) is 4.68 Å². The summed E-state index contributed by atoms with van der Waals surface area (Å²) >= 11 is 0. The van der Waals surface area contributed by atoms with E-state index in [-0.39, 0.29) is 6.85 Å². The monoisotopic (exact) mass is 300 g/mol. The van der Waals surface area contributed by atoms with Gasteiger partial charge in [0.1, 0.15) is 5.69 Å². The molecule has 112 valence electrons. The van der Waals surface area contributed by atoms with Gasteiger partial charge in [0.2, 0.25) is 0 Å². The second kappa shape index (κ2) is 5.76. The van der Waals surface area contributed by atoms with Crippen LogP contribution in [-0.4, -0.2) is 21.8 Å². The van der Waals surface area contributed by atoms with E-state index in [1.807, 2.05) is 16.9 Å². The minimum absolute atomic E-state index is 0.220. The highest BCUT2D eigenvalue weighted by Gasteiger charge is 2.18. The Kier molecular flexibility index (Phi) is 3.46. The molecule has 2 aromatic carbocycles. The third-order valence-corrected chi connectivity index (χ3v) is 4.08. The minimum Gasteiger partial charge on any atom is -0.423 e. The molecule has 4 nitrogen and oxygen atoms in total. The minimum atomic E-state index is 0.220. The summed E-state index contributed by atoms with van der Waals surface area (Å²) in [5, 5.41) is 12.1. The summed E-state index contributed by atoms with van der Waals surface area (Å²) in [6.07, 6.45) is 4.92. The van der Waals surface area contributed by atoms with Gasteiger partial charge in [0.05, 0.1) is 6.20 Å². The number of aryl methyl sites for hydroxylation is 1. The molecule has 1 aliphatic rings. The molecule has 0 spiro atoms. The Morgan fingerprint density at radius 1 is 1.09 bits per heavy atom. The molecule has 0 bridgehead atoms. The number of para-hydroxylation sites is 1. The van der Waals surface area contributed by atoms with Crippen LogP contribution in [0, 0.1) is 6.92 Å². The van der Waals surface area contributed by atoms with E-state index >= 15 is 0 Å². The molecular weight excluding hydrogens is 283 g/mol. The fourth-order valence-corrected chi connectivity index (χ4v) is 2.79. The zero-order valence-electron chi connectivity index (χ0n) is 13.0. The van der Waals surface area contributed by atoms with Crippen molar-refractivity contribution in [2.75, 3.05) is 5.23 Å². The Morgan fingerprint density at radius 3 is 2.78 bits per heavy atom. The molecule has 3 aromatic rings. The third kappa shape index (κ3) is 2.90. The maximum atomic E-state index is 4.29. The van der Waals surface area contributed by atoms with Gasteiger partial charge in [-0.15, -0.1) is 5.10 Å². The molecule has 0 aliphatic carbocycles. The predicted octanol–water partition coefficient (Wildman–Crippen LogP) is 3.46. The second-order valence-corrected chi connectivity index (χ2v) is 5.89. The van der Waals surface area contributed by atoms with Gasteiger partial charge in [-0.1, -0.05) is 65.3 Å². The van der Waals surface area contributed by atoms with Crippen LogP contribution in [0.3, 0.4) is 0 Å². The smallest absolute Gasteiger partial charge is 0.301 e. The number of rotatable bonds is 3. The number of benzene rings is 2. The fraction of sp³-hybridized carbons (Fsp3) is 0.111. The lowest BCUT2D eigenvalue weighted by atomic mass is 9.60. The molecule has 0 radical (unpaired) electrons. The van der Waals surface area contributed by atoms with Gasteiger partial charge in [0, 0.05) is 17.7 Å². The predicted molar refractivity (Wildman–Crippen MR) is 95.0 cm³/mol. The number of aromatic nitrogens is 3. The lowest BCUT2D eigenvalue weighted by Crippen LogP contribution is -2.31. The number of anilines is 1. The number of nitrogens with one attached hydrogen (secondary N) is 1. The molecule has 0 fully saturated rings. The van der Waals surface area contributed by atoms with Crippen molar-refractivity contribution in [1.29, 1.82) is 0 Å². The van der Waals surface area contributed by atoms with Gasteiger partial charge in [0.25, 0.3) is 0 Å². The summed E-state index contributed by atoms with van der Waals surface area (Å²) in [6.45, 7) is 2.30. The van der Waals surface area contributed by atoms with Crippen molar-refractivity contribution >= 4 is 18.6 Å². The number of fused-ring (bicyclic) bond motifs is 1. The van der Waals surface area contributed by atoms with Crippen molar-refractivity contribution in [2.45, 2.75) is 13.4 Å². The molecule has 5 heteroatoms. The molecule has 23 heavy (non-hydrogen) atoms. The van der Waals surface area contributed by atoms with Crippen LogP contribution < -0.4 is 5.23 Å². The van der Waals surface area contributed by atoms with Gasteiger partial charge in [-0.05, 0) is 18.6 Å². The summed E-state index contributed by atoms with van der Waals surface area (Å²) < 4.78 is 1.89. The van der Waals surface area contributed by atoms with Gasteiger partial charge < -0.3 is 5.23 Å². The molecule has 1 aliphatic heterocycles. The van der Waals surface area contributed by atoms with E-state index in [1.54, 1.807) is 0 Å². The fourth-order valence-electron chi connectivity index (χ4n) is 2.79. The van der Waals surface area contributed by atoms with Crippen molar-refractivity contribution in [1.82, 2.24) is 15.0 Å². The summed E-state index contributed by atoms with van der Waals surface area (Å²) in [5.41, 5.74) is 5.64. The van der Waals surface area contributed by atoms with Gasteiger partial charge in [0.15, 0.2) is 0 Å². The summed E-state index contributed by atoms with van der Waals surface area (Å²) in [4.78, 5) is 0. The Hall–Kier alpha value is -2.82. The maximum absolute atomic E-state index is 4.29. The molecule has 0 saturated carbocycles. The van der Waals surface area contributed by atoms with Crippen molar-refractivity contribution < 1.29 is 0 Å². The van der Waals surface area contributed by atoms with E-state index in [0.29, 0.717) is 0 Å². The lowest BCUT2D eigenvalue weighted by Gasteiger charge is -2.19. The third-order valence-electron chi connectivity index (χ3n) is 4.08. The van der Waals surface area contributed by atoms with Crippen molar-refractivity contribution in [3.63, 3.8) is 0 Å². The number of hydrogen-bond acceptors (Lipinski definition) is 3. The Labute approximate surface area is 136 Å². The van der Waals surface area contributed by atoms with Crippen molar-refractivity contribution in [3.05, 3.63) is 71.8 Å². The van der Waals surface area contributed by atoms with E-state index in [9.17, 15) is 0 Å². The number of hydrogen-bond donors (Lipinski definition) is 1. The summed E-state index contributed by atoms with van der Waals surface area (Å²) in [6, 6.07) is 16.7. The van der Waals surface area contributed by atoms with Crippen LogP contribution in [0.4, 0.5) is 5.69 Å². The Bertz CT molecular complexity index is 851. The molecular formula is C18H17BN4. The normalized spacial score (nSPS) is 12.8. The van der Waals surface area contributed by atoms with Crippen LogP contribution >= 0.6 is 0 Å². The SMILES string of the molecule is Cc1ccc(-c2cn(CB3C=Cc4ccccc4N3)nn2)cc1. The van der Waals surface area contributed by atoms with E-state index in [1.165, 1.54) is 16.8 Å². The Morgan fingerprint density at radius 2 is 1.91 bits per heavy atom. The molecule has 1 aromatic heterocycles. The lowest BCUT2D eigenvalue weighted by molar-refractivity contribution is 0.688. The first-order valence-electron chi connectivity index (χ1n) is 7.79. The van der Waals surface area contributed by atoms with Gasteiger partial charge in [-0.2, -0.15) is 0 Å². The Balaban J connectivity index is 1.50. The zero-order chi connectivity index (χ0) is 15.6. The van der Waals surface area contributed by atoms with Crippen molar-refractivity contribution in [2.24, 2.45) is 0 Å². The van der Waals surface area contributed by atoms with Crippen LogP contribution in [0.25, 0.3) is 17.3 Å². The summed E-state index contributed by atoms with van der Waals surface area (Å²) in [5.74, 6) is 2.18. The average Bonchev–Trinajstić information content (AvgIpc) is 3.04. The highest BCUT2D eigenvalue weighted by Crippen LogP contribution is 2.22. The molecule has 0 atom stereocenters. The maximum Gasteiger partial charge on any atom is 0.301 e. The van der Waals surface area contributed by atoms with E-state index in [4.69, 9.17) is 0 Å². The van der Waals surface area contributed by atoms with Crippen LogP contribution in [-0.2, 0) is 6.44 Å². The largest absolute Gasteiger partial charge is 0.423 e.